The average molecular weight is 412 g/mol. The Balaban J connectivity index is 1.87. The molecule has 0 aliphatic carbocycles. The van der Waals surface area contributed by atoms with Crippen LogP contribution >= 0.6 is 0 Å². The number of ether oxygens (including phenoxy) is 1. The number of aromatic carboxylic acids is 1. The summed E-state index contributed by atoms with van der Waals surface area (Å²) in [7, 11) is 0. The molecule has 164 valence electrons. The number of carboxylic acids is 1. The van der Waals surface area contributed by atoms with Crippen molar-refractivity contribution in [2.45, 2.75) is 65.5 Å². The topological polar surface area (TPSA) is 49.8 Å². The lowest BCUT2D eigenvalue weighted by molar-refractivity contribution is 0.0697. The Bertz CT molecular complexity index is 778. The number of hydrogen-bond donors (Lipinski definition) is 1. The predicted octanol–water partition coefficient (Wildman–Crippen LogP) is 5.89. The fraction of sp³-hybridized carbons (Fsp3) is 0.500. The van der Waals surface area contributed by atoms with E-state index < -0.39 is 5.97 Å². The lowest BCUT2D eigenvalue weighted by Gasteiger charge is -2.23. The van der Waals surface area contributed by atoms with Crippen LogP contribution in [0.4, 0.5) is 0 Å². The highest BCUT2D eigenvalue weighted by atomic mass is 16.5. The Morgan fingerprint density at radius 2 is 1.73 bits per heavy atom. The van der Waals surface area contributed by atoms with Crippen molar-refractivity contribution in [3.63, 3.8) is 0 Å². The van der Waals surface area contributed by atoms with Gasteiger partial charge in [0.1, 0.15) is 0 Å². The highest BCUT2D eigenvalue weighted by Crippen LogP contribution is 2.23. The Hall–Kier alpha value is -2.17. The van der Waals surface area contributed by atoms with Gasteiger partial charge < -0.3 is 9.84 Å². The summed E-state index contributed by atoms with van der Waals surface area (Å²) in [5.41, 5.74) is 4.15. The first-order valence-electron chi connectivity index (χ1n) is 11.0. The summed E-state index contributed by atoms with van der Waals surface area (Å²) < 4.78 is 5.99. The number of carbonyl (C=O) groups is 1. The minimum absolute atomic E-state index is 0.141. The molecule has 0 radical (unpaired) electrons. The molecule has 2 rings (SSSR count). The van der Waals surface area contributed by atoms with Gasteiger partial charge in [0.15, 0.2) is 0 Å². The maximum atomic E-state index is 11.0. The van der Waals surface area contributed by atoms with Crippen molar-refractivity contribution in [2.75, 3.05) is 19.7 Å². The molecule has 0 aliphatic rings. The van der Waals surface area contributed by atoms with E-state index in [-0.39, 0.29) is 5.41 Å². The standard InChI is InChI=1S/C26H37NO3/c1-5-6-7-15-27(19-21-11-13-23(14-12-21)25(28)29)16-17-30-20-22-9-8-10-24(18-22)26(2,3)4/h8-14,18H,5-7,15-17,19-20H2,1-4H3,(H,28,29). The molecule has 0 heterocycles. The zero-order valence-corrected chi connectivity index (χ0v) is 19.0. The van der Waals surface area contributed by atoms with Gasteiger partial charge in [0, 0.05) is 13.1 Å². The van der Waals surface area contributed by atoms with Gasteiger partial charge in [0.25, 0.3) is 0 Å². The normalized spacial score (nSPS) is 11.8. The molecule has 0 saturated carbocycles. The maximum Gasteiger partial charge on any atom is 0.335 e. The van der Waals surface area contributed by atoms with Crippen LogP contribution < -0.4 is 0 Å². The fourth-order valence-corrected chi connectivity index (χ4v) is 3.38. The molecule has 4 heteroatoms. The monoisotopic (exact) mass is 411 g/mol. The second-order valence-corrected chi connectivity index (χ2v) is 8.99. The molecule has 2 aromatic carbocycles. The van der Waals surface area contributed by atoms with Gasteiger partial charge in [-0.25, -0.2) is 4.79 Å². The Morgan fingerprint density at radius 3 is 2.37 bits per heavy atom. The minimum atomic E-state index is -0.884. The van der Waals surface area contributed by atoms with E-state index in [1.54, 1.807) is 12.1 Å². The van der Waals surface area contributed by atoms with Gasteiger partial charge in [-0.05, 0) is 47.2 Å². The zero-order chi connectivity index (χ0) is 22.0. The van der Waals surface area contributed by atoms with Gasteiger partial charge in [-0.1, -0.05) is 76.9 Å². The van der Waals surface area contributed by atoms with Gasteiger partial charge in [-0.15, -0.1) is 0 Å². The number of unbranched alkanes of at least 4 members (excludes halogenated alkanes) is 2. The molecule has 0 atom stereocenters. The van der Waals surface area contributed by atoms with Crippen molar-refractivity contribution in [3.8, 4) is 0 Å². The van der Waals surface area contributed by atoms with Crippen LogP contribution in [-0.4, -0.2) is 35.7 Å². The molecule has 0 unspecified atom stereocenters. The molecular weight excluding hydrogens is 374 g/mol. The highest BCUT2D eigenvalue weighted by Gasteiger charge is 2.13. The van der Waals surface area contributed by atoms with E-state index in [1.165, 1.54) is 24.0 Å². The van der Waals surface area contributed by atoms with Crippen molar-refractivity contribution >= 4 is 5.97 Å². The molecule has 0 amide bonds. The van der Waals surface area contributed by atoms with Crippen LogP contribution in [0.15, 0.2) is 48.5 Å². The molecule has 2 aromatic rings. The molecule has 0 saturated heterocycles. The number of nitrogens with zero attached hydrogens (tertiary/aromatic N) is 1. The zero-order valence-electron chi connectivity index (χ0n) is 19.0. The molecule has 0 fully saturated rings. The Kier molecular flexibility index (Phi) is 9.54. The number of hydrogen-bond acceptors (Lipinski definition) is 3. The van der Waals surface area contributed by atoms with E-state index in [4.69, 9.17) is 9.84 Å². The highest BCUT2D eigenvalue weighted by molar-refractivity contribution is 5.87. The summed E-state index contributed by atoms with van der Waals surface area (Å²) in [5.74, 6) is -0.884. The Labute approximate surface area is 181 Å². The van der Waals surface area contributed by atoms with Crippen LogP contribution in [0.5, 0.6) is 0 Å². The Morgan fingerprint density at radius 1 is 1.00 bits per heavy atom. The van der Waals surface area contributed by atoms with E-state index in [9.17, 15) is 4.79 Å². The molecule has 0 bridgehead atoms. The lowest BCUT2D eigenvalue weighted by atomic mass is 9.86. The first kappa shape index (κ1) is 24.1. The predicted molar refractivity (Wildman–Crippen MR) is 123 cm³/mol. The molecule has 30 heavy (non-hydrogen) atoms. The first-order valence-corrected chi connectivity index (χ1v) is 11.0. The van der Waals surface area contributed by atoms with E-state index in [0.717, 1.165) is 31.6 Å². The molecule has 1 N–H and O–H groups in total. The van der Waals surface area contributed by atoms with Crippen molar-refractivity contribution in [1.82, 2.24) is 4.90 Å². The molecule has 0 aromatic heterocycles. The van der Waals surface area contributed by atoms with E-state index in [0.29, 0.717) is 18.8 Å². The largest absolute Gasteiger partial charge is 0.478 e. The van der Waals surface area contributed by atoms with Gasteiger partial charge in [-0.3, -0.25) is 4.90 Å². The van der Waals surface area contributed by atoms with Gasteiger partial charge in [0.2, 0.25) is 0 Å². The molecule has 4 nitrogen and oxygen atoms in total. The van der Waals surface area contributed by atoms with Crippen LogP contribution in [0.2, 0.25) is 0 Å². The third kappa shape index (κ3) is 8.29. The second kappa shape index (κ2) is 11.9. The van der Waals surface area contributed by atoms with Crippen molar-refractivity contribution in [2.24, 2.45) is 0 Å². The van der Waals surface area contributed by atoms with Crippen LogP contribution in [0.1, 0.15) is 74.0 Å². The molecule has 0 spiro atoms. The maximum absolute atomic E-state index is 11.0. The van der Waals surface area contributed by atoms with Crippen molar-refractivity contribution in [3.05, 3.63) is 70.8 Å². The number of rotatable bonds is 12. The summed E-state index contributed by atoms with van der Waals surface area (Å²) in [5, 5.41) is 9.07. The van der Waals surface area contributed by atoms with E-state index in [2.05, 4.69) is 56.9 Å². The third-order valence-corrected chi connectivity index (χ3v) is 5.30. The second-order valence-electron chi connectivity index (χ2n) is 8.99. The summed E-state index contributed by atoms with van der Waals surface area (Å²) in [6, 6.07) is 15.8. The molecular formula is C26H37NO3. The molecule has 0 aliphatic heterocycles. The summed E-state index contributed by atoms with van der Waals surface area (Å²) in [6.45, 7) is 12.9. The van der Waals surface area contributed by atoms with Gasteiger partial charge in [-0.2, -0.15) is 0 Å². The van der Waals surface area contributed by atoms with Crippen molar-refractivity contribution in [1.29, 1.82) is 0 Å². The van der Waals surface area contributed by atoms with Crippen molar-refractivity contribution < 1.29 is 14.6 Å². The van der Waals surface area contributed by atoms with Gasteiger partial charge >= 0.3 is 5.97 Å². The first-order chi connectivity index (χ1) is 14.3. The minimum Gasteiger partial charge on any atom is -0.478 e. The van der Waals surface area contributed by atoms with Crippen LogP contribution in [0.25, 0.3) is 0 Å². The van der Waals surface area contributed by atoms with Crippen LogP contribution in [0.3, 0.4) is 0 Å². The average Bonchev–Trinajstić information content (AvgIpc) is 2.71. The van der Waals surface area contributed by atoms with Gasteiger partial charge in [0.05, 0.1) is 18.8 Å². The fourth-order valence-electron chi connectivity index (χ4n) is 3.38. The summed E-state index contributed by atoms with van der Waals surface area (Å²) >= 11 is 0. The van der Waals surface area contributed by atoms with Crippen LogP contribution in [-0.2, 0) is 23.3 Å². The third-order valence-electron chi connectivity index (χ3n) is 5.30. The smallest absolute Gasteiger partial charge is 0.335 e. The summed E-state index contributed by atoms with van der Waals surface area (Å²) in [6.07, 6.45) is 3.58. The number of benzene rings is 2. The number of carboxylic acid groups (broad SMARTS) is 1. The summed E-state index contributed by atoms with van der Waals surface area (Å²) in [4.78, 5) is 13.4. The van der Waals surface area contributed by atoms with E-state index in [1.807, 2.05) is 12.1 Å². The lowest BCUT2D eigenvalue weighted by Crippen LogP contribution is -2.28. The van der Waals surface area contributed by atoms with E-state index >= 15 is 0 Å². The SMILES string of the molecule is CCCCCN(CCOCc1cccc(C(C)(C)C)c1)Cc1ccc(C(=O)O)cc1. The quantitative estimate of drug-likeness (QED) is 0.442. The van der Waals surface area contributed by atoms with Crippen LogP contribution in [0, 0.1) is 0 Å².